The highest BCUT2D eigenvalue weighted by molar-refractivity contribution is 7.82. The zero-order valence-corrected chi connectivity index (χ0v) is 20.9. The number of pyridine rings is 2. The second-order valence-electron chi connectivity index (χ2n) is 9.22. The molecule has 37 heavy (non-hydrogen) atoms. The van der Waals surface area contributed by atoms with Crippen molar-refractivity contribution >= 4 is 22.0 Å². The third kappa shape index (κ3) is 4.53. The van der Waals surface area contributed by atoms with E-state index in [4.69, 9.17) is 14.2 Å². The number of ether oxygens (including phenoxy) is 3. The fourth-order valence-corrected chi connectivity index (χ4v) is 5.39. The molecule has 1 aromatic carbocycles. The van der Waals surface area contributed by atoms with Crippen molar-refractivity contribution in [3.63, 3.8) is 0 Å². The second-order valence-corrected chi connectivity index (χ2v) is 10.9. The lowest BCUT2D eigenvalue weighted by molar-refractivity contribution is 0.00794. The largest absolute Gasteiger partial charge is 0.470 e. The Bertz CT molecular complexity index is 1460. The van der Waals surface area contributed by atoms with Crippen molar-refractivity contribution in [1.82, 2.24) is 19.3 Å². The van der Waals surface area contributed by atoms with Crippen LogP contribution in [0.15, 0.2) is 59.6 Å². The van der Waals surface area contributed by atoms with Crippen LogP contribution < -0.4 is 4.74 Å². The van der Waals surface area contributed by atoms with Crippen molar-refractivity contribution in [2.24, 2.45) is 0 Å². The summed E-state index contributed by atoms with van der Waals surface area (Å²) in [4.78, 5) is 12.6. The molecule has 0 aliphatic carbocycles. The van der Waals surface area contributed by atoms with Crippen LogP contribution in [0.1, 0.15) is 0 Å². The standard InChI is InChI=1S/C26H25FN4O5S/c1-31(2)37(33)16-7-8-18(28-11-16)14-3-5-15(6-4-14)24-17(27)9-19-20(30-24)10-23(29-19)36-22-13-35-25-21(32)12-34-26(22)25/h3-11,21-22,25-26,29,32H,12-13H2,1-2H3/t21?,22?,25-,26-,37?/m1/s1. The summed E-state index contributed by atoms with van der Waals surface area (Å²) in [6.07, 6.45) is -0.179. The number of aliphatic hydroxyl groups is 1. The Labute approximate surface area is 214 Å². The highest BCUT2D eigenvalue weighted by Crippen LogP contribution is 2.32. The molecular formula is C26H25FN4O5S. The number of fused-ring (bicyclic) bond motifs is 2. The summed E-state index contributed by atoms with van der Waals surface area (Å²) >= 11 is 0. The molecule has 0 saturated carbocycles. The van der Waals surface area contributed by atoms with E-state index in [1.807, 2.05) is 18.2 Å². The fourth-order valence-electron chi connectivity index (χ4n) is 4.64. The van der Waals surface area contributed by atoms with Gasteiger partial charge in [0.1, 0.15) is 35.0 Å². The number of nitrogens with one attached hydrogen (secondary N) is 1. The first-order chi connectivity index (χ1) is 17.9. The number of rotatable bonds is 6. The van der Waals surface area contributed by atoms with E-state index in [9.17, 15) is 9.32 Å². The maximum atomic E-state index is 15.0. The van der Waals surface area contributed by atoms with Gasteiger partial charge in [0.05, 0.1) is 34.8 Å². The molecular weight excluding hydrogens is 499 g/mol. The van der Waals surface area contributed by atoms with Crippen molar-refractivity contribution in [1.29, 1.82) is 0 Å². The van der Waals surface area contributed by atoms with E-state index < -0.39 is 29.0 Å². The van der Waals surface area contributed by atoms with Gasteiger partial charge in [0.25, 0.3) is 0 Å². The van der Waals surface area contributed by atoms with Crippen LogP contribution in [0.5, 0.6) is 5.88 Å². The topological polar surface area (TPSA) is 110 Å². The molecule has 5 heterocycles. The molecule has 2 aliphatic heterocycles. The highest BCUT2D eigenvalue weighted by atomic mass is 32.2. The normalized spacial score (nSPS) is 24.0. The minimum absolute atomic E-state index is 0.218. The molecule has 6 rings (SSSR count). The van der Waals surface area contributed by atoms with E-state index in [2.05, 4.69) is 15.0 Å². The Hall–Kier alpha value is -3.22. The van der Waals surface area contributed by atoms with Gasteiger partial charge in [-0.2, -0.15) is 0 Å². The number of nitrogens with zero attached hydrogens (tertiary/aromatic N) is 3. The average molecular weight is 525 g/mol. The molecule has 2 saturated heterocycles. The molecule has 0 bridgehead atoms. The zero-order valence-electron chi connectivity index (χ0n) is 20.1. The summed E-state index contributed by atoms with van der Waals surface area (Å²) in [6, 6.07) is 14.0. The Kier molecular flexibility index (Phi) is 6.25. The molecule has 0 spiro atoms. The number of hydrogen-bond acceptors (Lipinski definition) is 7. The number of aromatic amines is 1. The van der Waals surface area contributed by atoms with Crippen LogP contribution >= 0.6 is 0 Å². The Morgan fingerprint density at radius 3 is 2.57 bits per heavy atom. The molecule has 2 aliphatic rings. The van der Waals surface area contributed by atoms with Gasteiger partial charge in [0, 0.05) is 29.5 Å². The Balaban J connectivity index is 1.21. The van der Waals surface area contributed by atoms with Crippen LogP contribution in [0.2, 0.25) is 0 Å². The minimum atomic E-state index is -1.26. The lowest BCUT2D eigenvalue weighted by Gasteiger charge is -2.16. The number of aliphatic hydroxyl groups excluding tert-OH is 1. The molecule has 4 aromatic rings. The van der Waals surface area contributed by atoms with Crippen molar-refractivity contribution < 1.29 is 27.9 Å². The lowest BCUT2D eigenvalue weighted by atomic mass is 10.1. The Morgan fingerprint density at radius 1 is 1.08 bits per heavy atom. The molecule has 9 nitrogen and oxygen atoms in total. The Morgan fingerprint density at radius 2 is 1.84 bits per heavy atom. The van der Waals surface area contributed by atoms with E-state index in [1.165, 1.54) is 6.07 Å². The van der Waals surface area contributed by atoms with E-state index >= 15 is 4.39 Å². The smallest absolute Gasteiger partial charge is 0.193 e. The van der Waals surface area contributed by atoms with Crippen molar-refractivity contribution in [3.05, 3.63) is 60.5 Å². The summed E-state index contributed by atoms with van der Waals surface area (Å²) in [7, 11) is 2.22. The highest BCUT2D eigenvalue weighted by Gasteiger charge is 2.48. The summed E-state index contributed by atoms with van der Waals surface area (Å²) in [5, 5.41) is 9.92. The number of halogens is 1. The van der Waals surface area contributed by atoms with Crippen molar-refractivity contribution in [3.8, 4) is 28.4 Å². The molecule has 11 heteroatoms. The third-order valence-electron chi connectivity index (χ3n) is 6.52. The first kappa shape index (κ1) is 24.1. The predicted molar refractivity (Wildman–Crippen MR) is 135 cm³/mol. The van der Waals surface area contributed by atoms with Gasteiger partial charge in [-0.25, -0.2) is 17.9 Å². The maximum absolute atomic E-state index is 15.0. The van der Waals surface area contributed by atoms with Gasteiger partial charge in [0.15, 0.2) is 17.8 Å². The average Bonchev–Trinajstić information content (AvgIpc) is 3.60. The molecule has 2 N–H and O–H groups in total. The summed E-state index contributed by atoms with van der Waals surface area (Å²) < 4.78 is 46.0. The third-order valence-corrected chi connectivity index (χ3v) is 7.82. The number of benzene rings is 1. The number of aromatic nitrogens is 3. The molecule has 2 fully saturated rings. The van der Waals surface area contributed by atoms with Crippen LogP contribution in [0.3, 0.4) is 0 Å². The van der Waals surface area contributed by atoms with Crippen LogP contribution in [-0.4, -0.2) is 80.3 Å². The SMILES string of the molecule is CN(C)S(=O)c1ccc(-c2ccc(-c3nc4cc(OC5CO[C@@H]6C(O)CO[C@H]56)[nH]c4cc3F)cc2)nc1. The summed E-state index contributed by atoms with van der Waals surface area (Å²) in [5.74, 6) is -0.0350. The fraction of sp³-hybridized carbons (Fsp3) is 0.308. The second kappa shape index (κ2) is 9.58. The van der Waals surface area contributed by atoms with Gasteiger partial charge in [0.2, 0.25) is 0 Å². The monoisotopic (exact) mass is 524 g/mol. The van der Waals surface area contributed by atoms with Gasteiger partial charge < -0.3 is 24.3 Å². The molecule has 192 valence electrons. The van der Waals surface area contributed by atoms with Crippen molar-refractivity contribution in [2.75, 3.05) is 27.3 Å². The predicted octanol–water partition coefficient (Wildman–Crippen LogP) is 2.92. The van der Waals surface area contributed by atoms with Crippen LogP contribution in [0.25, 0.3) is 33.5 Å². The quantitative estimate of drug-likeness (QED) is 0.399. The number of H-pyrrole nitrogens is 1. The summed E-state index contributed by atoms with van der Waals surface area (Å²) in [5.41, 5.74) is 3.48. The zero-order chi connectivity index (χ0) is 25.7. The first-order valence-electron chi connectivity index (χ1n) is 11.8. The van der Waals surface area contributed by atoms with E-state index in [1.54, 1.807) is 48.9 Å². The van der Waals surface area contributed by atoms with Gasteiger partial charge in [-0.1, -0.05) is 24.3 Å². The van der Waals surface area contributed by atoms with Crippen LogP contribution in [-0.2, 0) is 20.5 Å². The van der Waals surface area contributed by atoms with Gasteiger partial charge in [-0.05, 0) is 26.2 Å². The van der Waals surface area contributed by atoms with Gasteiger partial charge in [-0.3, -0.25) is 4.98 Å². The lowest BCUT2D eigenvalue weighted by Crippen LogP contribution is -2.34. The van der Waals surface area contributed by atoms with Crippen LogP contribution in [0, 0.1) is 5.82 Å². The van der Waals surface area contributed by atoms with Crippen LogP contribution in [0.4, 0.5) is 4.39 Å². The maximum Gasteiger partial charge on any atom is 0.193 e. The number of hydrogen-bond donors (Lipinski definition) is 2. The minimum Gasteiger partial charge on any atom is -0.470 e. The van der Waals surface area contributed by atoms with Gasteiger partial charge in [-0.15, -0.1) is 0 Å². The first-order valence-corrected chi connectivity index (χ1v) is 12.9. The van der Waals surface area contributed by atoms with E-state index in [0.717, 1.165) is 11.3 Å². The molecule has 0 amide bonds. The summed E-state index contributed by atoms with van der Waals surface area (Å²) in [6.45, 7) is 0.516. The van der Waals surface area contributed by atoms with Crippen molar-refractivity contribution in [2.45, 2.75) is 29.3 Å². The molecule has 3 aromatic heterocycles. The van der Waals surface area contributed by atoms with E-state index in [0.29, 0.717) is 34.0 Å². The van der Waals surface area contributed by atoms with E-state index in [-0.39, 0.29) is 24.5 Å². The van der Waals surface area contributed by atoms with Gasteiger partial charge >= 0.3 is 0 Å². The molecule has 0 radical (unpaired) electrons. The molecule has 3 unspecified atom stereocenters. The molecule has 5 atom stereocenters.